The van der Waals surface area contributed by atoms with E-state index in [0.29, 0.717) is 30.1 Å². The molecule has 1 aliphatic carbocycles. The molecule has 168 valence electrons. The van der Waals surface area contributed by atoms with Gasteiger partial charge in [-0.05, 0) is 51.0 Å². The highest BCUT2D eigenvalue weighted by Crippen LogP contribution is 2.37. The van der Waals surface area contributed by atoms with Crippen molar-refractivity contribution in [2.24, 2.45) is 0 Å². The lowest BCUT2D eigenvalue weighted by Gasteiger charge is -2.44. The number of carbonyl (C=O) groups is 2. The van der Waals surface area contributed by atoms with Crippen LogP contribution in [0.25, 0.3) is 11.1 Å². The fraction of sp³-hybridized carbons (Fsp3) is 0.440. The zero-order valence-corrected chi connectivity index (χ0v) is 18.6. The van der Waals surface area contributed by atoms with Gasteiger partial charge in [-0.1, -0.05) is 19.3 Å². The zero-order chi connectivity index (χ0) is 22.3. The quantitative estimate of drug-likeness (QED) is 0.640. The summed E-state index contributed by atoms with van der Waals surface area (Å²) in [6, 6.07) is 11.1. The Morgan fingerprint density at radius 3 is 2.66 bits per heavy atom. The lowest BCUT2D eigenvalue weighted by atomic mass is 9.91. The predicted molar refractivity (Wildman–Crippen MR) is 122 cm³/mol. The van der Waals surface area contributed by atoms with E-state index in [1.165, 1.54) is 6.42 Å². The van der Waals surface area contributed by atoms with Gasteiger partial charge in [0, 0.05) is 23.9 Å². The van der Waals surface area contributed by atoms with Gasteiger partial charge >= 0.3 is 0 Å². The number of hydrogen-bond acceptors (Lipinski definition) is 4. The molecule has 3 heterocycles. The van der Waals surface area contributed by atoms with Crippen LogP contribution in [0.4, 0.5) is 5.69 Å². The van der Waals surface area contributed by atoms with Crippen molar-refractivity contribution in [2.45, 2.75) is 64.1 Å². The molecule has 0 unspecified atom stereocenters. The average Bonchev–Trinajstić information content (AvgIpc) is 3.38. The van der Waals surface area contributed by atoms with E-state index in [9.17, 15) is 9.59 Å². The molecule has 0 bridgehead atoms. The van der Waals surface area contributed by atoms with Gasteiger partial charge in [0.05, 0.1) is 24.9 Å². The molecule has 1 aromatic carbocycles. The lowest BCUT2D eigenvalue weighted by molar-refractivity contribution is -0.127. The maximum absolute atomic E-state index is 13.8. The van der Waals surface area contributed by atoms with Crippen molar-refractivity contribution in [1.82, 2.24) is 9.88 Å². The number of ether oxygens (including phenoxy) is 1. The normalized spacial score (nSPS) is 21.6. The van der Waals surface area contributed by atoms with Crippen molar-refractivity contribution >= 4 is 28.6 Å². The highest BCUT2D eigenvalue weighted by molar-refractivity contribution is 6.13. The van der Waals surface area contributed by atoms with Crippen LogP contribution in [0.3, 0.4) is 0 Å². The first-order chi connectivity index (χ1) is 15.5. The minimum Gasteiger partial charge on any atom is -0.494 e. The summed E-state index contributed by atoms with van der Waals surface area (Å²) in [5.74, 6) is 0.394. The molecule has 1 aliphatic heterocycles. The maximum Gasteiger partial charge on any atom is 0.276 e. The molecule has 3 aromatic rings. The smallest absolute Gasteiger partial charge is 0.276 e. The minimum absolute atomic E-state index is 0.123. The minimum atomic E-state index is -1.09. The Hall–Kier alpha value is -3.22. The second-order valence-electron chi connectivity index (χ2n) is 8.94. The number of benzene rings is 1. The zero-order valence-electron chi connectivity index (χ0n) is 18.6. The van der Waals surface area contributed by atoms with Gasteiger partial charge in [-0.25, -0.2) is 0 Å². The summed E-state index contributed by atoms with van der Waals surface area (Å²) in [7, 11) is 0. The second-order valence-corrected chi connectivity index (χ2v) is 8.94. The standard InChI is InChI=1S/C25H29N3O4/c1-3-31-19-11-9-18(10-12-19)28-23(29)21-15-22-20(13-14-32-22)27(21)16-25(28,2)24(30)26-17-7-5-4-6-8-17/h9-15,17H,3-8,16H2,1-2H3,(H,26,30)/t25-/m0/s1. The number of fused-ring (bicyclic) bond motifs is 3. The molecule has 0 saturated heterocycles. The van der Waals surface area contributed by atoms with E-state index in [1.807, 2.05) is 48.7 Å². The molecule has 2 aromatic heterocycles. The summed E-state index contributed by atoms with van der Waals surface area (Å²) in [6.45, 7) is 4.70. The van der Waals surface area contributed by atoms with Gasteiger partial charge in [0.2, 0.25) is 5.91 Å². The molecule has 2 amide bonds. The Labute approximate surface area is 187 Å². The molecule has 1 atom stereocenters. The van der Waals surface area contributed by atoms with Crippen LogP contribution in [0.5, 0.6) is 5.75 Å². The van der Waals surface area contributed by atoms with Gasteiger partial charge < -0.3 is 19.0 Å². The van der Waals surface area contributed by atoms with Crippen molar-refractivity contribution in [1.29, 1.82) is 0 Å². The van der Waals surface area contributed by atoms with E-state index < -0.39 is 5.54 Å². The van der Waals surface area contributed by atoms with Gasteiger partial charge in [-0.2, -0.15) is 0 Å². The summed E-state index contributed by atoms with van der Waals surface area (Å²) in [4.78, 5) is 29.1. The lowest BCUT2D eigenvalue weighted by Crippen LogP contribution is -2.65. The van der Waals surface area contributed by atoms with Crippen LogP contribution in [0.1, 0.15) is 56.4 Å². The van der Waals surface area contributed by atoms with Crippen LogP contribution in [-0.4, -0.2) is 34.6 Å². The summed E-state index contributed by atoms with van der Waals surface area (Å²) in [5, 5.41) is 3.25. The molecular formula is C25H29N3O4. The first kappa shape index (κ1) is 20.7. The number of amides is 2. The number of furan rings is 1. The van der Waals surface area contributed by atoms with Gasteiger partial charge in [0.1, 0.15) is 17.0 Å². The van der Waals surface area contributed by atoms with Crippen LogP contribution in [0.2, 0.25) is 0 Å². The van der Waals surface area contributed by atoms with Gasteiger partial charge in [0.15, 0.2) is 5.58 Å². The van der Waals surface area contributed by atoms with E-state index in [2.05, 4.69) is 5.32 Å². The van der Waals surface area contributed by atoms with E-state index in [1.54, 1.807) is 17.2 Å². The van der Waals surface area contributed by atoms with Crippen LogP contribution in [-0.2, 0) is 11.3 Å². The topological polar surface area (TPSA) is 76.7 Å². The number of rotatable bonds is 5. The van der Waals surface area contributed by atoms with Crippen molar-refractivity contribution < 1.29 is 18.7 Å². The van der Waals surface area contributed by atoms with Gasteiger partial charge in [-0.3, -0.25) is 14.5 Å². The van der Waals surface area contributed by atoms with Crippen molar-refractivity contribution in [2.75, 3.05) is 11.5 Å². The molecule has 1 saturated carbocycles. The maximum atomic E-state index is 13.8. The highest BCUT2D eigenvalue weighted by Gasteiger charge is 2.49. The fourth-order valence-electron chi connectivity index (χ4n) is 5.06. The third kappa shape index (κ3) is 3.36. The van der Waals surface area contributed by atoms with E-state index in [4.69, 9.17) is 9.15 Å². The number of hydrogen-bond donors (Lipinski definition) is 1. The first-order valence-corrected chi connectivity index (χ1v) is 11.5. The summed E-state index contributed by atoms with van der Waals surface area (Å²) < 4.78 is 13.0. The fourth-order valence-corrected chi connectivity index (χ4v) is 5.06. The average molecular weight is 436 g/mol. The molecule has 0 radical (unpaired) electrons. The SMILES string of the molecule is CCOc1ccc(N2C(=O)c3cc4occc4n3C[C@@]2(C)C(=O)NC2CCCCC2)cc1. The van der Waals surface area contributed by atoms with Crippen molar-refractivity contribution in [3.8, 4) is 5.75 Å². The Kier molecular flexibility index (Phi) is 5.19. The molecular weight excluding hydrogens is 406 g/mol. The summed E-state index contributed by atoms with van der Waals surface area (Å²) in [5.41, 5.74) is 1.59. The van der Waals surface area contributed by atoms with E-state index in [0.717, 1.165) is 36.9 Å². The van der Waals surface area contributed by atoms with Gasteiger partial charge in [-0.15, -0.1) is 0 Å². The molecule has 0 spiro atoms. The summed E-state index contributed by atoms with van der Waals surface area (Å²) in [6.07, 6.45) is 7.05. The predicted octanol–water partition coefficient (Wildman–Crippen LogP) is 4.50. The Bertz CT molecular complexity index is 1140. The third-order valence-corrected chi connectivity index (χ3v) is 6.74. The van der Waals surface area contributed by atoms with Crippen molar-refractivity contribution in [3.05, 3.63) is 48.4 Å². The summed E-state index contributed by atoms with van der Waals surface area (Å²) >= 11 is 0. The number of carbonyl (C=O) groups excluding carboxylic acids is 2. The van der Waals surface area contributed by atoms with Crippen LogP contribution in [0, 0.1) is 0 Å². The second kappa shape index (κ2) is 8.04. The van der Waals surface area contributed by atoms with E-state index >= 15 is 0 Å². The molecule has 1 fully saturated rings. The molecule has 5 rings (SSSR count). The molecule has 2 aliphatic rings. The Morgan fingerprint density at radius 1 is 1.19 bits per heavy atom. The number of anilines is 1. The van der Waals surface area contributed by atoms with Crippen LogP contribution < -0.4 is 15.0 Å². The van der Waals surface area contributed by atoms with Crippen molar-refractivity contribution in [3.63, 3.8) is 0 Å². The molecule has 7 nitrogen and oxygen atoms in total. The number of aromatic nitrogens is 1. The van der Waals surface area contributed by atoms with Crippen LogP contribution >= 0.6 is 0 Å². The first-order valence-electron chi connectivity index (χ1n) is 11.5. The monoisotopic (exact) mass is 435 g/mol. The molecule has 7 heteroatoms. The van der Waals surface area contributed by atoms with Gasteiger partial charge in [0.25, 0.3) is 5.91 Å². The van der Waals surface area contributed by atoms with E-state index in [-0.39, 0.29) is 17.9 Å². The largest absolute Gasteiger partial charge is 0.494 e. The third-order valence-electron chi connectivity index (χ3n) is 6.74. The number of nitrogens with zero attached hydrogens (tertiary/aromatic N) is 2. The Balaban J connectivity index is 1.56. The molecule has 32 heavy (non-hydrogen) atoms. The number of nitrogens with one attached hydrogen (secondary N) is 1. The van der Waals surface area contributed by atoms with Crippen LogP contribution in [0.15, 0.2) is 47.1 Å². The Morgan fingerprint density at radius 2 is 1.94 bits per heavy atom. The highest BCUT2D eigenvalue weighted by atomic mass is 16.5. The molecule has 1 N–H and O–H groups in total.